The van der Waals surface area contributed by atoms with Gasteiger partial charge in [-0.1, -0.05) is 27.7 Å². The van der Waals surface area contributed by atoms with Crippen LogP contribution in [0, 0.1) is 5.92 Å². The predicted molar refractivity (Wildman–Crippen MR) is 90.1 cm³/mol. The number of hydrogen-bond donors (Lipinski definition) is 0. The molecule has 0 radical (unpaired) electrons. The maximum absolute atomic E-state index is 11.7. The molecule has 2 rings (SSSR count). The minimum atomic E-state index is 0.174. The fraction of sp³-hybridized carbons (Fsp3) is 0.778. The van der Waals surface area contributed by atoms with Crippen molar-refractivity contribution in [2.24, 2.45) is 5.92 Å². The van der Waals surface area contributed by atoms with Crippen LogP contribution in [0.25, 0.3) is 0 Å². The number of likely N-dealkylation sites (tertiary alicyclic amines) is 1. The van der Waals surface area contributed by atoms with Crippen LogP contribution in [-0.4, -0.2) is 40.1 Å². The summed E-state index contributed by atoms with van der Waals surface area (Å²) < 4.78 is 2.15. The molecule has 4 heteroatoms. The minimum Gasteiger partial charge on any atom is -0.301 e. The van der Waals surface area contributed by atoms with Crippen molar-refractivity contribution in [3.8, 4) is 0 Å². The Kier molecular flexibility index (Phi) is 6.18. The lowest BCUT2D eigenvalue weighted by Crippen LogP contribution is -2.37. The van der Waals surface area contributed by atoms with E-state index in [-0.39, 0.29) is 5.92 Å². The van der Waals surface area contributed by atoms with Crippen LogP contribution in [0.5, 0.6) is 0 Å². The van der Waals surface area contributed by atoms with Crippen molar-refractivity contribution in [2.75, 3.05) is 19.6 Å². The average Bonchev–Trinajstić information content (AvgIpc) is 2.97. The second kappa shape index (κ2) is 7.91. The topological polar surface area (TPSA) is 38.1 Å². The molecule has 1 fully saturated rings. The first-order chi connectivity index (χ1) is 10.5. The molecule has 0 aromatic carbocycles. The SMILES string of the molecule is CC(C)C(=O)CCCN1CCCC(n2cc(C(C)C)cn2)C1. The van der Waals surface area contributed by atoms with Gasteiger partial charge >= 0.3 is 0 Å². The maximum Gasteiger partial charge on any atom is 0.135 e. The molecule has 1 aliphatic heterocycles. The van der Waals surface area contributed by atoms with E-state index in [1.54, 1.807) is 0 Å². The van der Waals surface area contributed by atoms with Gasteiger partial charge in [-0.15, -0.1) is 0 Å². The number of nitrogens with zero attached hydrogens (tertiary/aromatic N) is 3. The Balaban J connectivity index is 1.82. The van der Waals surface area contributed by atoms with Gasteiger partial charge in [0.05, 0.1) is 12.2 Å². The van der Waals surface area contributed by atoms with Gasteiger partial charge in [0.15, 0.2) is 0 Å². The lowest BCUT2D eigenvalue weighted by Gasteiger charge is -2.32. The summed E-state index contributed by atoms with van der Waals surface area (Å²) in [6.07, 6.45) is 8.35. The Hall–Kier alpha value is -1.16. The van der Waals surface area contributed by atoms with Crippen molar-refractivity contribution in [3.63, 3.8) is 0 Å². The third kappa shape index (κ3) is 4.67. The third-order valence-electron chi connectivity index (χ3n) is 4.68. The van der Waals surface area contributed by atoms with Crippen LogP contribution < -0.4 is 0 Å². The second-order valence-corrected chi connectivity index (χ2v) is 7.23. The van der Waals surface area contributed by atoms with Crippen LogP contribution in [0.15, 0.2) is 12.4 Å². The van der Waals surface area contributed by atoms with E-state index in [9.17, 15) is 4.79 Å². The Bertz CT molecular complexity index is 478. The zero-order valence-electron chi connectivity index (χ0n) is 14.6. The van der Waals surface area contributed by atoms with Gasteiger partial charge in [0.2, 0.25) is 0 Å². The lowest BCUT2D eigenvalue weighted by molar-refractivity contribution is -0.122. The van der Waals surface area contributed by atoms with Gasteiger partial charge in [0, 0.05) is 25.1 Å². The molecule has 22 heavy (non-hydrogen) atoms. The van der Waals surface area contributed by atoms with Crippen LogP contribution >= 0.6 is 0 Å². The smallest absolute Gasteiger partial charge is 0.135 e. The van der Waals surface area contributed by atoms with Gasteiger partial charge in [-0.2, -0.15) is 5.10 Å². The molecule has 2 heterocycles. The summed E-state index contributed by atoms with van der Waals surface area (Å²) in [7, 11) is 0. The van der Waals surface area contributed by atoms with Crippen LogP contribution in [0.3, 0.4) is 0 Å². The normalized spacial score (nSPS) is 20.0. The number of hydrogen-bond acceptors (Lipinski definition) is 3. The highest BCUT2D eigenvalue weighted by atomic mass is 16.1. The van der Waals surface area contributed by atoms with Crippen molar-refractivity contribution in [2.45, 2.75) is 65.3 Å². The van der Waals surface area contributed by atoms with E-state index >= 15 is 0 Å². The third-order valence-corrected chi connectivity index (χ3v) is 4.68. The van der Waals surface area contributed by atoms with Crippen LogP contribution in [-0.2, 0) is 4.79 Å². The average molecular weight is 305 g/mol. The summed E-state index contributed by atoms with van der Waals surface area (Å²) >= 11 is 0. The fourth-order valence-electron chi connectivity index (χ4n) is 3.07. The molecule has 0 N–H and O–H groups in total. The molecule has 0 spiro atoms. The summed E-state index contributed by atoms with van der Waals surface area (Å²) in [4.78, 5) is 14.2. The van der Waals surface area contributed by atoms with Crippen LogP contribution in [0.1, 0.15) is 70.9 Å². The van der Waals surface area contributed by atoms with E-state index in [1.165, 1.54) is 18.4 Å². The van der Waals surface area contributed by atoms with Gasteiger partial charge in [0.25, 0.3) is 0 Å². The number of carbonyl (C=O) groups is 1. The Morgan fingerprint density at radius 1 is 1.36 bits per heavy atom. The van der Waals surface area contributed by atoms with E-state index in [0.717, 1.165) is 32.5 Å². The molecule has 1 saturated heterocycles. The first-order valence-electron chi connectivity index (χ1n) is 8.76. The molecule has 4 nitrogen and oxygen atoms in total. The highest BCUT2D eigenvalue weighted by Crippen LogP contribution is 2.23. The van der Waals surface area contributed by atoms with Gasteiger partial charge in [-0.05, 0) is 43.8 Å². The van der Waals surface area contributed by atoms with E-state index in [1.807, 2.05) is 20.0 Å². The molecular formula is C18H31N3O. The molecule has 1 aromatic heterocycles. The predicted octanol–water partition coefficient (Wildman–Crippen LogP) is 3.65. The van der Waals surface area contributed by atoms with Gasteiger partial charge in [-0.25, -0.2) is 0 Å². The molecule has 1 atom stereocenters. The molecule has 1 aromatic rings. The first kappa shape index (κ1) is 17.2. The first-order valence-corrected chi connectivity index (χ1v) is 8.76. The molecule has 0 amide bonds. The van der Waals surface area contributed by atoms with Crippen LogP contribution in [0.2, 0.25) is 0 Å². The summed E-state index contributed by atoms with van der Waals surface area (Å²) in [6, 6.07) is 0.488. The number of Topliss-reactive ketones (excluding diaryl/α,β-unsaturated/α-hetero) is 1. The fourth-order valence-corrected chi connectivity index (χ4v) is 3.07. The Morgan fingerprint density at radius 3 is 2.77 bits per heavy atom. The summed E-state index contributed by atoms with van der Waals surface area (Å²) in [5.41, 5.74) is 1.32. The number of carbonyl (C=O) groups excluding carboxylic acids is 1. The zero-order valence-corrected chi connectivity index (χ0v) is 14.6. The number of rotatable bonds is 7. The second-order valence-electron chi connectivity index (χ2n) is 7.23. The highest BCUT2D eigenvalue weighted by Gasteiger charge is 2.22. The standard InChI is InChI=1S/C18H31N3O/c1-14(2)16-11-19-21(12-16)17-7-5-9-20(13-17)10-6-8-18(22)15(3)4/h11-12,14-15,17H,5-10,13H2,1-4H3. The van der Waals surface area contributed by atoms with E-state index in [4.69, 9.17) is 0 Å². The molecule has 1 aliphatic rings. The lowest BCUT2D eigenvalue weighted by atomic mass is 10.0. The Morgan fingerprint density at radius 2 is 2.14 bits per heavy atom. The highest BCUT2D eigenvalue weighted by molar-refractivity contribution is 5.80. The van der Waals surface area contributed by atoms with E-state index in [0.29, 0.717) is 17.7 Å². The maximum atomic E-state index is 11.7. The van der Waals surface area contributed by atoms with Gasteiger partial charge in [0.1, 0.15) is 5.78 Å². The van der Waals surface area contributed by atoms with E-state index < -0.39 is 0 Å². The van der Waals surface area contributed by atoms with Gasteiger partial charge < -0.3 is 4.90 Å². The minimum absolute atomic E-state index is 0.174. The van der Waals surface area contributed by atoms with Crippen molar-refractivity contribution < 1.29 is 4.79 Å². The molecule has 124 valence electrons. The van der Waals surface area contributed by atoms with E-state index in [2.05, 4.69) is 34.7 Å². The largest absolute Gasteiger partial charge is 0.301 e. The zero-order chi connectivity index (χ0) is 16.1. The summed E-state index contributed by atoms with van der Waals surface area (Å²) in [5, 5.41) is 4.56. The number of piperidine rings is 1. The molecule has 0 aliphatic carbocycles. The van der Waals surface area contributed by atoms with Gasteiger partial charge in [-0.3, -0.25) is 9.48 Å². The van der Waals surface area contributed by atoms with Crippen molar-refractivity contribution in [3.05, 3.63) is 18.0 Å². The van der Waals surface area contributed by atoms with Crippen molar-refractivity contribution in [1.29, 1.82) is 0 Å². The monoisotopic (exact) mass is 305 g/mol. The number of aromatic nitrogens is 2. The number of ketones is 1. The Labute approximate surface area is 134 Å². The van der Waals surface area contributed by atoms with Crippen LogP contribution in [0.4, 0.5) is 0 Å². The molecule has 0 bridgehead atoms. The molecule has 0 saturated carbocycles. The summed E-state index contributed by atoms with van der Waals surface area (Å²) in [5.74, 6) is 1.10. The summed E-state index contributed by atoms with van der Waals surface area (Å²) in [6.45, 7) is 11.7. The van der Waals surface area contributed by atoms with Crippen molar-refractivity contribution in [1.82, 2.24) is 14.7 Å². The molecule has 1 unspecified atom stereocenters. The van der Waals surface area contributed by atoms with Crippen molar-refractivity contribution >= 4 is 5.78 Å². The molecular weight excluding hydrogens is 274 g/mol. The quantitative estimate of drug-likeness (QED) is 0.772.